The van der Waals surface area contributed by atoms with Gasteiger partial charge in [0.2, 0.25) is 0 Å². The zero-order valence-electron chi connectivity index (χ0n) is 22.3. The van der Waals surface area contributed by atoms with Crippen LogP contribution in [0.1, 0.15) is 127 Å². The number of fused-ring (bicyclic) bond motifs is 12. The topological polar surface area (TPSA) is 3.24 Å². The molecule has 5 fully saturated rings. The van der Waals surface area contributed by atoms with E-state index < -0.39 is 0 Å². The minimum atomic E-state index is 0.505. The van der Waals surface area contributed by atoms with Gasteiger partial charge in [0.25, 0.3) is 0 Å². The molecular weight excluding hydrogens is 458 g/mol. The van der Waals surface area contributed by atoms with Gasteiger partial charge < -0.3 is 4.90 Å². The molecule has 2 heterocycles. The minimum absolute atomic E-state index is 0.505. The van der Waals surface area contributed by atoms with Crippen molar-refractivity contribution in [1.82, 2.24) is 0 Å². The van der Waals surface area contributed by atoms with E-state index in [1.54, 1.807) is 45.6 Å². The summed E-state index contributed by atoms with van der Waals surface area (Å²) < 4.78 is 0. The highest BCUT2D eigenvalue weighted by Crippen LogP contribution is 2.77. The van der Waals surface area contributed by atoms with Gasteiger partial charge in [-0.2, -0.15) is 0 Å². The molecule has 0 amide bonds. The van der Waals surface area contributed by atoms with Crippen LogP contribution in [-0.2, 0) is 0 Å². The summed E-state index contributed by atoms with van der Waals surface area (Å²) in [4.78, 5) is 3.02. The highest BCUT2D eigenvalue weighted by atomic mass is 15.2. The molecule has 0 N–H and O–H groups in total. The molecule has 1 heteroatoms. The molecule has 11 aliphatic rings. The molecule has 0 radical (unpaired) electrons. The van der Waals surface area contributed by atoms with E-state index >= 15 is 0 Å². The molecule has 7 bridgehead atoms. The van der Waals surface area contributed by atoms with Crippen LogP contribution in [0.2, 0.25) is 0 Å². The molecule has 13 rings (SSSR count). The van der Waals surface area contributed by atoms with Crippen molar-refractivity contribution in [2.45, 2.75) is 99.8 Å². The van der Waals surface area contributed by atoms with Crippen molar-refractivity contribution < 1.29 is 0 Å². The third kappa shape index (κ3) is 1.96. The summed E-state index contributed by atoms with van der Waals surface area (Å²) in [6.07, 6.45) is 22.4. The quantitative estimate of drug-likeness (QED) is 0.352. The van der Waals surface area contributed by atoms with Gasteiger partial charge in [-0.3, -0.25) is 0 Å². The second-order valence-corrected chi connectivity index (χ2v) is 15.8. The molecule has 0 saturated heterocycles. The summed E-state index contributed by atoms with van der Waals surface area (Å²) in [7, 11) is 0. The highest BCUT2D eigenvalue weighted by molar-refractivity contribution is 6.00. The van der Waals surface area contributed by atoms with Gasteiger partial charge in [-0.05, 0) is 150 Å². The summed E-state index contributed by atoms with van der Waals surface area (Å²) in [5.41, 5.74) is 16.3. The van der Waals surface area contributed by atoms with Gasteiger partial charge in [-0.15, -0.1) is 0 Å². The highest BCUT2D eigenvalue weighted by Gasteiger charge is 2.66. The smallest absolute Gasteiger partial charge is 0.0702 e. The van der Waals surface area contributed by atoms with Gasteiger partial charge in [0.1, 0.15) is 0 Å². The first-order valence-electron chi connectivity index (χ1n) is 16.3. The number of allylic oxidation sites excluding steroid dienone is 2. The maximum atomic E-state index is 3.02. The first kappa shape index (κ1) is 19.7. The Kier molecular flexibility index (Phi) is 3.15. The van der Waals surface area contributed by atoms with Crippen molar-refractivity contribution in [2.24, 2.45) is 29.1 Å². The fourth-order valence-corrected chi connectivity index (χ4v) is 13.7. The first-order chi connectivity index (χ1) is 18.7. The number of benzene rings is 2. The molecule has 1 spiro atoms. The van der Waals surface area contributed by atoms with Crippen molar-refractivity contribution >= 4 is 16.9 Å². The van der Waals surface area contributed by atoms with E-state index in [0.717, 1.165) is 52.8 Å². The van der Waals surface area contributed by atoms with E-state index in [-0.39, 0.29) is 0 Å². The normalized spacial score (nSPS) is 47.6. The number of hydrogen-bond donors (Lipinski definition) is 0. The molecule has 2 aromatic carbocycles. The Balaban J connectivity index is 1.15. The van der Waals surface area contributed by atoms with Gasteiger partial charge >= 0.3 is 0 Å². The van der Waals surface area contributed by atoms with Crippen LogP contribution in [0.3, 0.4) is 0 Å². The van der Waals surface area contributed by atoms with Crippen molar-refractivity contribution in [1.29, 1.82) is 0 Å². The Labute approximate surface area is 226 Å². The van der Waals surface area contributed by atoms with E-state index in [2.05, 4.69) is 47.4 Å². The van der Waals surface area contributed by atoms with Crippen LogP contribution in [-0.4, -0.2) is 6.04 Å². The molecule has 2 aliphatic heterocycles. The molecular formula is C37H37N. The van der Waals surface area contributed by atoms with Gasteiger partial charge in [0, 0.05) is 17.2 Å². The van der Waals surface area contributed by atoms with Crippen LogP contribution in [0.5, 0.6) is 0 Å². The molecule has 2 aromatic rings. The lowest BCUT2D eigenvalue weighted by Crippen LogP contribution is -2.41. The van der Waals surface area contributed by atoms with Gasteiger partial charge in [-0.1, -0.05) is 42.5 Å². The Morgan fingerprint density at radius 1 is 0.632 bits per heavy atom. The summed E-state index contributed by atoms with van der Waals surface area (Å²) in [6.45, 7) is 0. The maximum absolute atomic E-state index is 3.02. The van der Waals surface area contributed by atoms with Gasteiger partial charge in [-0.25, -0.2) is 0 Å². The van der Waals surface area contributed by atoms with Crippen LogP contribution in [0.15, 0.2) is 42.5 Å². The number of anilines is 2. The standard InChI is InChI=1S/C37H37N/c1-2-28-30-6-4-26-20-9-18-8-19(10-20)12-21(11-18)32(26)35(30)38-34(28)29(3-1)31-7-5-27-22-13-24-15-25-14-23(33(27)36(31)38)17-37(24,25)16-22/h1-7,18-25,28,34H,8-17H2. The van der Waals surface area contributed by atoms with E-state index in [1.807, 2.05) is 11.1 Å². The first-order valence-corrected chi connectivity index (χ1v) is 16.3. The van der Waals surface area contributed by atoms with Crippen LogP contribution in [0.25, 0.3) is 5.57 Å². The lowest BCUT2D eigenvalue weighted by molar-refractivity contribution is 0.00322. The van der Waals surface area contributed by atoms with Crippen molar-refractivity contribution in [3.8, 4) is 0 Å². The predicted molar refractivity (Wildman–Crippen MR) is 152 cm³/mol. The van der Waals surface area contributed by atoms with Crippen LogP contribution < -0.4 is 4.90 Å². The van der Waals surface area contributed by atoms with Gasteiger partial charge in [0.15, 0.2) is 0 Å². The fourth-order valence-electron chi connectivity index (χ4n) is 13.7. The van der Waals surface area contributed by atoms with Crippen LogP contribution >= 0.6 is 0 Å². The van der Waals surface area contributed by atoms with E-state index in [0.29, 0.717) is 12.0 Å². The Morgan fingerprint density at radius 2 is 1.34 bits per heavy atom. The Hall–Kier alpha value is -2.28. The Morgan fingerprint density at radius 3 is 2.24 bits per heavy atom. The number of rotatable bonds is 0. The van der Waals surface area contributed by atoms with E-state index in [4.69, 9.17) is 0 Å². The molecule has 190 valence electrons. The minimum Gasteiger partial charge on any atom is -0.332 e. The second-order valence-electron chi connectivity index (χ2n) is 15.8. The monoisotopic (exact) mass is 495 g/mol. The van der Waals surface area contributed by atoms with Gasteiger partial charge in [0.05, 0.1) is 11.7 Å². The molecule has 0 aromatic heterocycles. The molecule has 9 atom stereocenters. The third-order valence-electron chi connectivity index (χ3n) is 14.6. The number of nitrogens with zero attached hydrogens (tertiary/aromatic N) is 1. The van der Waals surface area contributed by atoms with Crippen molar-refractivity contribution in [3.05, 3.63) is 75.9 Å². The van der Waals surface area contributed by atoms with Crippen LogP contribution in [0.4, 0.5) is 11.4 Å². The maximum Gasteiger partial charge on any atom is 0.0702 e. The predicted octanol–water partition coefficient (Wildman–Crippen LogP) is 9.04. The van der Waals surface area contributed by atoms with Crippen molar-refractivity contribution in [2.75, 3.05) is 4.90 Å². The summed E-state index contributed by atoms with van der Waals surface area (Å²) in [5, 5.41) is 0. The molecule has 1 nitrogen and oxygen atoms in total. The summed E-state index contributed by atoms with van der Waals surface area (Å²) >= 11 is 0. The Bertz CT molecular complexity index is 1560. The average molecular weight is 496 g/mol. The van der Waals surface area contributed by atoms with E-state index in [1.165, 1.54) is 57.8 Å². The van der Waals surface area contributed by atoms with Crippen molar-refractivity contribution in [3.63, 3.8) is 0 Å². The largest absolute Gasteiger partial charge is 0.332 e. The zero-order valence-corrected chi connectivity index (χ0v) is 22.3. The fraction of sp³-hybridized carbons (Fsp3) is 0.568. The van der Waals surface area contributed by atoms with Crippen LogP contribution in [0, 0.1) is 29.1 Å². The average Bonchev–Trinajstić information content (AvgIpc) is 3.56. The summed E-state index contributed by atoms with van der Waals surface area (Å²) in [6, 6.07) is 11.0. The molecule has 9 aliphatic carbocycles. The lowest BCUT2D eigenvalue weighted by Gasteiger charge is -2.48. The van der Waals surface area contributed by atoms with E-state index in [9.17, 15) is 0 Å². The summed E-state index contributed by atoms with van der Waals surface area (Å²) in [5.74, 6) is 7.86. The zero-order chi connectivity index (χ0) is 24.1. The molecule has 9 unspecified atom stereocenters. The third-order valence-corrected chi connectivity index (χ3v) is 14.6. The molecule has 5 saturated carbocycles. The number of hydrogen-bond acceptors (Lipinski definition) is 1. The molecule has 38 heavy (non-hydrogen) atoms. The second kappa shape index (κ2) is 6.06. The lowest BCUT2D eigenvalue weighted by atomic mass is 9.56. The SMILES string of the molecule is C1=CC2c3ccc4c(c3N3c5c(ccc6c5C5CC7CC8CC6CC87C5)C(=C1)C23)C1CC2CC(CC4C2)C1.